The van der Waals surface area contributed by atoms with Crippen LogP contribution in [0.5, 0.6) is 0 Å². The van der Waals surface area contributed by atoms with Gasteiger partial charge in [-0.25, -0.2) is 0 Å². The van der Waals surface area contributed by atoms with Gasteiger partial charge >= 0.3 is 0 Å². The van der Waals surface area contributed by atoms with E-state index >= 15 is 0 Å². The van der Waals surface area contributed by atoms with Gasteiger partial charge < -0.3 is 10.8 Å². The van der Waals surface area contributed by atoms with E-state index in [-0.39, 0.29) is 6.04 Å². The molecule has 1 aliphatic rings. The molecule has 2 atom stereocenters. The summed E-state index contributed by atoms with van der Waals surface area (Å²) in [5.74, 6) is 0.340. The third kappa shape index (κ3) is 3.02. The van der Waals surface area contributed by atoms with Gasteiger partial charge in [-0.2, -0.15) is 0 Å². The zero-order valence-electron chi connectivity index (χ0n) is 9.57. The van der Waals surface area contributed by atoms with Crippen molar-refractivity contribution in [2.45, 2.75) is 37.8 Å². The molecule has 4 heteroatoms. The lowest BCUT2D eigenvalue weighted by atomic mass is 9.91. The second-order valence-electron chi connectivity index (χ2n) is 4.73. The van der Waals surface area contributed by atoms with E-state index in [4.69, 9.17) is 17.3 Å². The van der Waals surface area contributed by atoms with E-state index in [1.807, 2.05) is 18.2 Å². The summed E-state index contributed by atoms with van der Waals surface area (Å²) in [7, 11) is 0. The minimum atomic E-state index is -0.463. The molecule has 2 rings (SSSR count). The van der Waals surface area contributed by atoms with Gasteiger partial charge in [-0.15, -0.1) is 0 Å². The Morgan fingerprint density at radius 3 is 2.59 bits per heavy atom. The summed E-state index contributed by atoms with van der Waals surface area (Å²) < 4.78 is 0.870. The van der Waals surface area contributed by atoms with Crippen LogP contribution in [0, 0.1) is 5.92 Å². The van der Waals surface area contributed by atoms with E-state index in [0.717, 1.165) is 22.9 Å². The molecule has 1 aromatic carbocycles. The van der Waals surface area contributed by atoms with E-state index < -0.39 is 6.10 Å². The highest BCUT2D eigenvalue weighted by Gasteiger charge is 2.29. The second kappa shape index (κ2) is 5.70. The van der Waals surface area contributed by atoms with Crippen molar-refractivity contribution in [3.8, 4) is 0 Å². The van der Waals surface area contributed by atoms with Crippen LogP contribution in [-0.2, 0) is 0 Å². The van der Waals surface area contributed by atoms with Crippen molar-refractivity contribution in [2.75, 3.05) is 0 Å². The summed E-state index contributed by atoms with van der Waals surface area (Å²) >= 11 is 9.34. The first-order valence-electron chi connectivity index (χ1n) is 5.98. The molecule has 17 heavy (non-hydrogen) atoms. The summed E-state index contributed by atoms with van der Waals surface area (Å²) in [6, 6.07) is 5.17. The van der Waals surface area contributed by atoms with E-state index in [0.29, 0.717) is 10.9 Å². The Morgan fingerprint density at radius 1 is 1.35 bits per heavy atom. The lowest BCUT2D eigenvalue weighted by Gasteiger charge is -2.25. The lowest BCUT2D eigenvalue weighted by Crippen LogP contribution is -2.32. The Hall–Kier alpha value is -0.0900. The predicted molar refractivity (Wildman–Crippen MR) is 74.0 cm³/mol. The quantitative estimate of drug-likeness (QED) is 0.893. The van der Waals surface area contributed by atoms with Crippen molar-refractivity contribution >= 4 is 27.5 Å². The number of rotatable bonds is 3. The van der Waals surface area contributed by atoms with E-state index in [9.17, 15) is 5.11 Å². The van der Waals surface area contributed by atoms with Crippen LogP contribution < -0.4 is 5.73 Å². The van der Waals surface area contributed by atoms with Gasteiger partial charge in [-0.05, 0) is 36.5 Å². The number of nitrogens with two attached hydrogens (primary N) is 1. The van der Waals surface area contributed by atoms with Crippen LogP contribution in [0.4, 0.5) is 0 Å². The topological polar surface area (TPSA) is 46.2 Å². The highest BCUT2D eigenvalue weighted by Crippen LogP contribution is 2.35. The van der Waals surface area contributed by atoms with Gasteiger partial charge in [0.15, 0.2) is 0 Å². The average Bonchev–Trinajstić information content (AvgIpc) is 2.80. The largest absolute Gasteiger partial charge is 0.391 e. The molecule has 2 nitrogen and oxygen atoms in total. The first kappa shape index (κ1) is 13.3. The molecule has 0 heterocycles. The maximum absolute atomic E-state index is 10.3. The fourth-order valence-electron chi connectivity index (χ4n) is 2.55. The third-order valence-corrected chi connectivity index (χ3v) is 4.49. The van der Waals surface area contributed by atoms with Crippen molar-refractivity contribution in [1.29, 1.82) is 0 Å². The molecule has 0 spiro atoms. The lowest BCUT2D eigenvalue weighted by molar-refractivity contribution is 0.0843. The van der Waals surface area contributed by atoms with Crippen molar-refractivity contribution < 1.29 is 5.11 Å². The molecule has 94 valence electrons. The molecule has 3 N–H and O–H groups in total. The third-order valence-electron chi connectivity index (χ3n) is 3.57. The molecule has 1 aromatic rings. The van der Waals surface area contributed by atoms with Crippen molar-refractivity contribution in [2.24, 2.45) is 11.7 Å². The minimum Gasteiger partial charge on any atom is -0.391 e. The van der Waals surface area contributed by atoms with Gasteiger partial charge in [-0.1, -0.05) is 46.4 Å². The Balaban J connectivity index is 2.15. The number of benzene rings is 1. The summed E-state index contributed by atoms with van der Waals surface area (Å²) in [5.41, 5.74) is 7.07. The van der Waals surface area contributed by atoms with Gasteiger partial charge in [0.2, 0.25) is 0 Å². The first-order chi connectivity index (χ1) is 8.09. The highest BCUT2D eigenvalue weighted by molar-refractivity contribution is 9.10. The first-order valence-corrected chi connectivity index (χ1v) is 7.15. The molecule has 0 radical (unpaired) electrons. The summed E-state index contributed by atoms with van der Waals surface area (Å²) in [6.07, 6.45) is 4.11. The zero-order valence-corrected chi connectivity index (χ0v) is 11.9. The molecule has 0 aliphatic heterocycles. The van der Waals surface area contributed by atoms with E-state index in [1.54, 1.807) is 0 Å². The second-order valence-corrected chi connectivity index (χ2v) is 6.02. The van der Waals surface area contributed by atoms with Crippen molar-refractivity contribution in [3.63, 3.8) is 0 Å². The highest BCUT2D eigenvalue weighted by atomic mass is 79.9. The molecule has 1 aliphatic carbocycles. The molecule has 0 amide bonds. The van der Waals surface area contributed by atoms with Crippen LogP contribution in [-0.4, -0.2) is 11.2 Å². The van der Waals surface area contributed by atoms with Crippen LogP contribution in [0.15, 0.2) is 22.7 Å². The maximum Gasteiger partial charge on any atom is 0.0761 e. The van der Waals surface area contributed by atoms with Gasteiger partial charge in [0.25, 0.3) is 0 Å². The van der Waals surface area contributed by atoms with Gasteiger partial charge in [0, 0.05) is 9.50 Å². The number of halogens is 2. The average molecular weight is 319 g/mol. The van der Waals surface area contributed by atoms with Crippen molar-refractivity contribution in [1.82, 2.24) is 0 Å². The number of hydrogen-bond donors (Lipinski definition) is 2. The van der Waals surface area contributed by atoms with Crippen LogP contribution in [0.25, 0.3) is 0 Å². The molecule has 0 unspecified atom stereocenters. The van der Waals surface area contributed by atoms with Gasteiger partial charge in [0.1, 0.15) is 0 Å². The predicted octanol–water partition coefficient (Wildman–Crippen LogP) is 3.65. The Bertz CT molecular complexity index is 393. The Kier molecular flexibility index (Phi) is 4.47. The normalized spacial score (nSPS) is 20.5. The molecule has 0 saturated heterocycles. The molecular formula is C13H17BrClNO. The summed E-state index contributed by atoms with van der Waals surface area (Å²) in [6.45, 7) is 0. The smallest absolute Gasteiger partial charge is 0.0761 e. The standard InChI is InChI=1S/C13H17BrClNO/c14-11-7-9(15)5-6-10(11)12(16)13(17)8-3-1-2-4-8/h5-8,12-13,17H,1-4,16H2/t12-,13+/m0/s1. The molecule has 0 aromatic heterocycles. The van der Waals surface area contributed by atoms with Crippen LogP contribution in [0.2, 0.25) is 5.02 Å². The van der Waals surface area contributed by atoms with Gasteiger partial charge in [0.05, 0.1) is 12.1 Å². The van der Waals surface area contributed by atoms with Gasteiger partial charge in [-0.3, -0.25) is 0 Å². The molecule has 1 fully saturated rings. The molecule has 0 bridgehead atoms. The number of hydrogen-bond acceptors (Lipinski definition) is 2. The molecular weight excluding hydrogens is 302 g/mol. The summed E-state index contributed by atoms with van der Waals surface area (Å²) in [4.78, 5) is 0. The Labute approximate surface area is 115 Å². The number of aliphatic hydroxyl groups excluding tert-OH is 1. The van der Waals surface area contributed by atoms with Crippen LogP contribution in [0.3, 0.4) is 0 Å². The monoisotopic (exact) mass is 317 g/mol. The maximum atomic E-state index is 10.3. The number of aliphatic hydroxyl groups is 1. The van der Waals surface area contributed by atoms with Crippen molar-refractivity contribution in [3.05, 3.63) is 33.3 Å². The van der Waals surface area contributed by atoms with Crippen LogP contribution >= 0.6 is 27.5 Å². The summed E-state index contributed by atoms with van der Waals surface area (Å²) in [5, 5.41) is 11.0. The zero-order chi connectivity index (χ0) is 12.4. The fraction of sp³-hybridized carbons (Fsp3) is 0.538. The van der Waals surface area contributed by atoms with E-state index in [2.05, 4.69) is 15.9 Å². The van der Waals surface area contributed by atoms with E-state index in [1.165, 1.54) is 12.8 Å². The Morgan fingerprint density at radius 2 is 2.00 bits per heavy atom. The SMILES string of the molecule is N[C@@H](c1ccc(Cl)cc1Br)[C@H](O)C1CCCC1. The fourth-order valence-corrected chi connectivity index (χ4v) is 3.49. The molecule has 1 saturated carbocycles. The van der Waals surface area contributed by atoms with Crippen LogP contribution in [0.1, 0.15) is 37.3 Å². The minimum absolute atomic E-state index is 0.340.